The number of aromatic amines is 2. The zero-order valence-electron chi connectivity index (χ0n) is 14.4. The second-order valence-electron chi connectivity index (χ2n) is 5.81. The highest BCUT2D eigenvalue weighted by atomic mass is 19.4. The van der Waals surface area contributed by atoms with Gasteiger partial charge in [0, 0.05) is 29.8 Å². The molecule has 0 fully saturated rings. The zero-order chi connectivity index (χ0) is 20.1. The lowest BCUT2D eigenvalue weighted by atomic mass is 10.1. The first-order valence-corrected chi connectivity index (χ1v) is 8.15. The van der Waals surface area contributed by atoms with Crippen LogP contribution in [0.3, 0.4) is 0 Å². The number of carboxylic acids is 1. The first kappa shape index (κ1) is 19.2. The lowest BCUT2D eigenvalue weighted by Crippen LogP contribution is -2.21. The molecule has 28 heavy (non-hydrogen) atoms. The normalized spacial score (nSPS) is 11.1. The summed E-state index contributed by atoms with van der Waals surface area (Å²) < 4.78 is 31.7. The Hall–Kier alpha value is -3.62. The van der Waals surface area contributed by atoms with Crippen LogP contribution in [-0.4, -0.2) is 37.2 Å². The van der Waals surface area contributed by atoms with E-state index in [0.717, 1.165) is 34.5 Å². The van der Waals surface area contributed by atoms with E-state index in [1.807, 2.05) is 48.9 Å². The number of fused-ring (bicyclic) bond motifs is 1. The second kappa shape index (κ2) is 7.95. The van der Waals surface area contributed by atoms with Crippen LogP contribution >= 0.6 is 0 Å². The fraction of sp³-hybridized carbons (Fsp3) is 0.105. The minimum absolute atomic E-state index is 0.808. The Kier molecular flexibility index (Phi) is 5.44. The predicted molar refractivity (Wildman–Crippen MR) is 96.6 cm³/mol. The molecule has 3 N–H and O–H groups in total. The van der Waals surface area contributed by atoms with Gasteiger partial charge in [0.05, 0.1) is 11.9 Å². The molecule has 4 rings (SSSR count). The standard InChI is InChI=1S/C17H14N4.C2HF3O2/c1-2-4-12(5-3-1)10-16-20-11-15(21-16)13-6-8-18-17-14(13)7-9-19-17;3-2(4,5)1(6)7/h1-9,11H,10H2,(H,18,19)(H,20,21);(H,6,7). The number of rotatable bonds is 3. The van der Waals surface area contributed by atoms with Crippen LogP contribution in [0, 0.1) is 0 Å². The molecule has 0 unspecified atom stereocenters. The number of halogens is 3. The van der Waals surface area contributed by atoms with Crippen molar-refractivity contribution >= 4 is 17.0 Å². The molecule has 0 amide bonds. The molecule has 0 saturated heterocycles. The van der Waals surface area contributed by atoms with Crippen LogP contribution in [0.15, 0.2) is 61.1 Å². The van der Waals surface area contributed by atoms with E-state index in [2.05, 4.69) is 32.1 Å². The second-order valence-corrected chi connectivity index (χ2v) is 5.81. The molecule has 0 aliphatic heterocycles. The number of imidazole rings is 1. The molecule has 0 bridgehead atoms. The maximum absolute atomic E-state index is 10.6. The first-order valence-electron chi connectivity index (χ1n) is 8.15. The third-order valence-corrected chi connectivity index (χ3v) is 3.84. The number of nitrogens with one attached hydrogen (secondary N) is 2. The molecular weight excluding hydrogens is 373 g/mol. The fourth-order valence-electron chi connectivity index (χ4n) is 2.57. The first-order chi connectivity index (χ1) is 13.3. The summed E-state index contributed by atoms with van der Waals surface area (Å²) in [7, 11) is 0. The highest BCUT2D eigenvalue weighted by Gasteiger charge is 2.38. The molecule has 0 aliphatic carbocycles. The van der Waals surface area contributed by atoms with Crippen molar-refractivity contribution in [2.75, 3.05) is 0 Å². The Morgan fingerprint density at radius 3 is 2.46 bits per heavy atom. The SMILES string of the molecule is O=C(O)C(F)(F)F.c1ccc(Cc2ncc(-c3ccnc4[nH]ccc34)[nH]2)cc1. The summed E-state index contributed by atoms with van der Waals surface area (Å²) in [5.74, 6) is -1.79. The van der Waals surface area contributed by atoms with Crippen molar-refractivity contribution in [3.63, 3.8) is 0 Å². The van der Waals surface area contributed by atoms with Crippen LogP contribution < -0.4 is 0 Å². The number of aliphatic carboxylic acids is 1. The van der Waals surface area contributed by atoms with E-state index in [1.54, 1.807) is 0 Å². The molecule has 0 radical (unpaired) electrons. The van der Waals surface area contributed by atoms with E-state index in [9.17, 15) is 13.2 Å². The molecule has 1 aromatic carbocycles. The average molecular weight is 388 g/mol. The zero-order valence-corrected chi connectivity index (χ0v) is 14.4. The maximum Gasteiger partial charge on any atom is 0.490 e. The van der Waals surface area contributed by atoms with Gasteiger partial charge in [-0.05, 0) is 17.7 Å². The van der Waals surface area contributed by atoms with Gasteiger partial charge in [-0.3, -0.25) is 0 Å². The molecule has 4 aromatic rings. The number of nitrogens with zero attached hydrogens (tertiary/aromatic N) is 2. The van der Waals surface area contributed by atoms with Gasteiger partial charge in [-0.15, -0.1) is 0 Å². The molecule has 3 heterocycles. The number of benzene rings is 1. The van der Waals surface area contributed by atoms with Crippen molar-refractivity contribution in [2.45, 2.75) is 12.6 Å². The van der Waals surface area contributed by atoms with Crippen molar-refractivity contribution < 1.29 is 23.1 Å². The third kappa shape index (κ3) is 4.56. The van der Waals surface area contributed by atoms with Crippen LogP contribution in [0.25, 0.3) is 22.3 Å². The smallest absolute Gasteiger partial charge is 0.475 e. The number of pyridine rings is 1. The molecule has 0 atom stereocenters. The van der Waals surface area contributed by atoms with Gasteiger partial charge in [0.2, 0.25) is 0 Å². The van der Waals surface area contributed by atoms with E-state index in [-0.39, 0.29) is 0 Å². The van der Waals surface area contributed by atoms with Gasteiger partial charge < -0.3 is 15.1 Å². The summed E-state index contributed by atoms with van der Waals surface area (Å²) in [5, 5.41) is 8.23. The van der Waals surface area contributed by atoms with Gasteiger partial charge in [0.25, 0.3) is 0 Å². The number of hydrogen-bond donors (Lipinski definition) is 3. The minimum atomic E-state index is -5.08. The number of carbonyl (C=O) groups is 1. The van der Waals surface area contributed by atoms with Crippen molar-refractivity contribution in [1.29, 1.82) is 0 Å². The van der Waals surface area contributed by atoms with Crippen LogP contribution in [0.5, 0.6) is 0 Å². The summed E-state index contributed by atoms with van der Waals surface area (Å²) in [4.78, 5) is 24.2. The predicted octanol–water partition coefficient (Wildman–Crippen LogP) is 4.18. The highest BCUT2D eigenvalue weighted by Crippen LogP contribution is 2.25. The Labute approximate surface area is 157 Å². The van der Waals surface area contributed by atoms with Crippen LogP contribution in [0.4, 0.5) is 13.2 Å². The van der Waals surface area contributed by atoms with Crippen LogP contribution in [0.1, 0.15) is 11.4 Å². The van der Waals surface area contributed by atoms with Crippen LogP contribution in [-0.2, 0) is 11.2 Å². The van der Waals surface area contributed by atoms with E-state index >= 15 is 0 Å². The molecule has 6 nitrogen and oxygen atoms in total. The Balaban J connectivity index is 0.000000279. The quantitative estimate of drug-likeness (QED) is 0.491. The Bertz CT molecular complexity index is 1070. The maximum atomic E-state index is 10.6. The molecule has 9 heteroatoms. The molecule has 0 saturated carbocycles. The molecule has 0 spiro atoms. The van der Waals surface area contributed by atoms with E-state index in [0.29, 0.717) is 0 Å². The summed E-state index contributed by atoms with van der Waals surface area (Å²) in [6.45, 7) is 0. The van der Waals surface area contributed by atoms with Gasteiger partial charge in [-0.25, -0.2) is 14.8 Å². The van der Waals surface area contributed by atoms with E-state index < -0.39 is 12.1 Å². The van der Waals surface area contributed by atoms with E-state index in [4.69, 9.17) is 9.90 Å². The number of hydrogen-bond acceptors (Lipinski definition) is 3. The molecule has 3 aromatic heterocycles. The average Bonchev–Trinajstić information content (AvgIpc) is 3.31. The van der Waals surface area contributed by atoms with Gasteiger partial charge >= 0.3 is 12.1 Å². The highest BCUT2D eigenvalue weighted by molar-refractivity contribution is 5.91. The van der Waals surface area contributed by atoms with E-state index in [1.165, 1.54) is 5.56 Å². The fourth-order valence-corrected chi connectivity index (χ4v) is 2.57. The third-order valence-electron chi connectivity index (χ3n) is 3.84. The lowest BCUT2D eigenvalue weighted by Gasteiger charge is -2.00. The molecular formula is C19H15F3N4O2. The van der Waals surface area contributed by atoms with Crippen molar-refractivity contribution in [2.24, 2.45) is 0 Å². The lowest BCUT2D eigenvalue weighted by molar-refractivity contribution is -0.192. The van der Waals surface area contributed by atoms with Gasteiger partial charge in [-0.2, -0.15) is 13.2 Å². The monoisotopic (exact) mass is 388 g/mol. The van der Waals surface area contributed by atoms with Crippen molar-refractivity contribution in [3.05, 3.63) is 72.4 Å². The van der Waals surface area contributed by atoms with Crippen molar-refractivity contribution in [3.8, 4) is 11.3 Å². The molecule has 0 aliphatic rings. The summed E-state index contributed by atoms with van der Waals surface area (Å²) >= 11 is 0. The number of H-pyrrole nitrogens is 2. The largest absolute Gasteiger partial charge is 0.490 e. The number of carboxylic acid groups (broad SMARTS) is 1. The topological polar surface area (TPSA) is 94.7 Å². The van der Waals surface area contributed by atoms with Gasteiger partial charge in [0.15, 0.2) is 0 Å². The summed E-state index contributed by atoms with van der Waals surface area (Å²) in [6.07, 6.45) is 1.33. The summed E-state index contributed by atoms with van der Waals surface area (Å²) in [5.41, 5.74) is 4.28. The summed E-state index contributed by atoms with van der Waals surface area (Å²) in [6, 6.07) is 14.4. The number of aromatic nitrogens is 4. The Morgan fingerprint density at radius 1 is 1.07 bits per heavy atom. The molecule has 144 valence electrons. The number of alkyl halides is 3. The van der Waals surface area contributed by atoms with Gasteiger partial charge in [-0.1, -0.05) is 30.3 Å². The Morgan fingerprint density at radius 2 is 1.79 bits per heavy atom. The minimum Gasteiger partial charge on any atom is -0.475 e. The van der Waals surface area contributed by atoms with Gasteiger partial charge in [0.1, 0.15) is 11.5 Å². The van der Waals surface area contributed by atoms with Crippen molar-refractivity contribution in [1.82, 2.24) is 19.9 Å². The van der Waals surface area contributed by atoms with Crippen LogP contribution in [0.2, 0.25) is 0 Å².